The predicted octanol–water partition coefficient (Wildman–Crippen LogP) is 4.77. The summed E-state index contributed by atoms with van der Waals surface area (Å²) < 4.78 is 11.0. The Balaban J connectivity index is 2.03. The van der Waals surface area contributed by atoms with Crippen LogP contribution in [-0.4, -0.2) is 19.1 Å². The van der Waals surface area contributed by atoms with E-state index in [1.807, 2.05) is 38.1 Å². The van der Waals surface area contributed by atoms with Gasteiger partial charge in [0, 0.05) is 5.02 Å². The maximum absolute atomic E-state index is 12.6. The standard InChI is InChI=1S/C20H24ClNO3/c1-4-18(14-6-10-16(24-3)11-7-14)22-20(23)19(5-2)25-17-12-8-15(21)9-13-17/h6-13,18-19H,4-5H2,1-3H3,(H,22,23)/t18-,19+/m0/s1. The fourth-order valence-electron chi connectivity index (χ4n) is 2.52. The van der Waals surface area contributed by atoms with Crippen molar-refractivity contribution >= 4 is 17.5 Å². The maximum Gasteiger partial charge on any atom is 0.261 e. The highest BCUT2D eigenvalue weighted by molar-refractivity contribution is 6.30. The molecule has 25 heavy (non-hydrogen) atoms. The third-order valence-electron chi connectivity index (χ3n) is 4.00. The van der Waals surface area contributed by atoms with E-state index in [4.69, 9.17) is 21.1 Å². The van der Waals surface area contributed by atoms with E-state index in [1.54, 1.807) is 31.4 Å². The molecule has 0 heterocycles. The van der Waals surface area contributed by atoms with Gasteiger partial charge in [-0.1, -0.05) is 37.6 Å². The van der Waals surface area contributed by atoms with Crippen molar-refractivity contribution in [3.05, 3.63) is 59.1 Å². The van der Waals surface area contributed by atoms with Gasteiger partial charge in [-0.3, -0.25) is 4.79 Å². The molecule has 0 saturated heterocycles. The summed E-state index contributed by atoms with van der Waals surface area (Å²) in [6, 6.07) is 14.7. The SMILES string of the molecule is CC[C@H](NC(=O)[C@@H](CC)Oc1ccc(Cl)cc1)c1ccc(OC)cc1. The van der Waals surface area contributed by atoms with Gasteiger partial charge in [0.25, 0.3) is 5.91 Å². The number of hydrogen-bond acceptors (Lipinski definition) is 3. The number of hydrogen-bond donors (Lipinski definition) is 1. The number of rotatable bonds is 8. The van der Waals surface area contributed by atoms with Gasteiger partial charge >= 0.3 is 0 Å². The average molecular weight is 362 g/mol. The van der Waals surface area contributed by atoms with Crippen LogP contribution in [-0.2, 0) is 4.79 Å². The first-order valence-corrected chi connectivity index (χ1v) is 8.81. The zero-order valence-electron chi connectivity index (χ0n) is 14.8. The molecule has 0 spiro atoms. The topological polar surface area (TPSA) is 47.6 Å². The van der Waals surface area contributed by atoms with Crippen molar-refractivity contribution in [1.82, 2.24) is 5.32 Å². The number of benzene rings is 2. The largest absolute Gasteiger partial charge is 0.497 e. The molecule has 2 rings (SSSR count). The van der Waals surface area contributed by atoms with Crippen LogP contribution < -0.4 is 14.8 Å². The monoisotopic (exact) mass is 361 g/mol. The van der Waals surface area contributed by atoms with Crippen LogP contribution >= 0.6 is 11.6 Å². The molecule has 134 valence electrons. The maximum atomic E-state index is 12.6. The number of amides is 1. The Labute approximate surface area is 154 Å². The molecule has 2 atom stereocenters. The van der Waals surface area contributed by atoms with Crippen molar-refractivity contribution in [2.24, 2.45) is 0 Å². The van der Waals surface area contributed by atoms with E-state index >= 15 is 0 Å². The first-order chi connectivity index (χ1) is 12.1. The highest BCUT2D eigenvalue weighted by Gasteiger charge is 2.22. The van der Waals surface area contributed by atoms with Gasteiger partial charge in [-0.2, -0.15) is 0 Å². The van der Waals surface area contributed by atoms with Crippen molar-refractivity contribution in [2.75, 3.05) is 7.11 Å². The first-order valence-electron chi connectivity index (χ1n) is 8.43. The molecule has 0 aliphatic heterocycles. The molecule has 0 bridgehead atoms. The van der Waals surface area contributed by atoms with E-state index < -0.39 is 6.10 Å². The highest BCUT2D eigenvalue weighted by atomic mass is 35.5. The van der Waals surface area contributed by atoms with Gasteiger partial charge in [-0.05, 0) is 54.8 Å². The van der Waals surface area contributed by atoms with Gasteiger partial charge < -0.3 is 14.8 Å². The minimum Gasteiger partial charge on any atom is -0.497 e. The lowest BCUT2D eigenvalue weighted by Gasteiger charge is -2.22. The van der Waals surface area contributed by atoms with Crippen molar-refractivity contribution in [3.63, 3.8) is 0 Å². The van der Waals surface area contributed by atoms with Gasteiger partial charge in [-0.15, -0.1) is 0 Å². The van der Waals surface area contributed by atoms with E-state index in [-0.39, 0.29) is 11.9 Å². The Morgan fingerprint density at radius 1 is 1.00 bits per heavy atom. The Morgan fingerprint density at radius 3 is 2.12 bits per heavy atom. The number of ether oxygens (including phenoxy) is 2. The summed E-state index contributed by atoms with van der Waals surface area (Å²) in [5.41, 5.74) is 1.04. The quantitative estimate of drug-likeness (QED) is 0.736. The van der Waals surface area contributed by atoms with E-state index in [0.717, 1.165) is 17.7 Å². The van der Waals surface area contributed by atoms with Gasteiger partial charge in [-0.25, -0.2) is 0 Å². The number of carbonyl (C=O) groups excluding carboxylic acids is 1. The van der Waals surface area contributed by atoms with Crippen molar-refractivity contribution in [3.8, 4) is 11.5 Å². The van der Waals surface area contributed by atoms with Crippen LogP contribution in [0, 0.1) is 0 Å². The van der Waals surface area contributed by atoms with Gasteiger partial charge in [0.2, 0.25) is 0 Å². The van der Waals surface area contributed by atoms with Crippen molar-refractivity contribution in [2.45, 2.75) is 38.8 Å². The lowest BCUT2D eigenvalue weighted by molar-refractivity contribution is -0.128. The molecule has 5 heteroatoms. The Kier molecular flexibility index (Phi) is 7.14. The number of nitrogens with one attached hydrogen (secondary N) is 1. The van der Waals surface area contributed by atoms with Crippen LogP contribution in [0.15, 0.2) is 48.5 Å². The third kappa shape index (κ3) is 5.40. The van der Waals surface area contributed by atoms with E-state index in [2.05, 4.69) is 5.32 Å². The third-order valence-corrected chi connectivity index (χ3v) is 4.25. The number of carbonyl (C=O) groups is 1. The van der Waals surface area contributed by atoms with Gasteiger partial charge in [0.05, 0.1) is 13.2 Å². The van der Waals surface area contributed by atoms with Crippen LogP contribution in [0.4, 0.5) is 0 Å². The summed E-state index contributed by atoms with van der Waals surface area (Å²) in [7, 11) is 1.63. The molecule has 2 aromatic rings. The van der Waals surface area contributed by atoms with E-state index in [0.29, 0.717) is 17.2 Å². The predicted molar refractivity (Wildman–Crippen MR) is 100 cm³/mol. The van der Waals surface area contributed by atoms with E-state index in [9.17, 15) is 4.79 Å². The molecule has 0 saturated carbocycles. The molecule has 0 aliphatic carbocycles. The zero-order valence-corrected chi connectivity index (χ0v) is 15.5. The summed E-state index contributed by atoms with van der Waals surface area (Å²) >= 11 is 5.88. The fourth-order valence-corrected chi connectivity index (χ4v) is 2.65. The zero-order chi connectivity index (χ0) is 18.2. The molecular formula is C20H24ClNO3. The van der Waals surface area contributed by atoms with Crippen LogP contribution in [0.2, 0.25) is 5.02 Å². The lowest BCUT2D eigenvalue weighted by Crippen LogP contribution is -2.39. The van der Waals surface area contributed by atoms with Crippen LogP contribution in [0.3, 0.4) is 0 Å². The van der Waals surface area contributed by atoms with Crippen molar-refractivity contribution < 1.29 is 14.3 Å². The number of halogens is 1. The van der Waals surface area contributed by atoms with Gasteiger partial charge in [0.15, 0.2) is 6.10 Å². The minimum atomic E-state index is -0.548. The molecular weight excluding hydrogens is 338 g/mol. The Bertz CT molecular complexity index is 670. The summed E-state index contributed by atoms with van der Waals surface area (Å²) in [5, 5.41) is 3.71. The minimum absolute atomic E-state index is 0.0683. The normalized spacial score (nSPS) is 13.0. The first kappa shape index (κ1) is 19.1. The Morgan fingerprint density at radius 2 is 1.60 bits per heavy atom. The summed E-state index contributed by atoms with van der Waals surface area (Å²) in [6.07, 6.45) is 0.816. The smallest absolute Gasteiger partial charge is 0.261 e. The molecule has 1 amide bonds. The fraction of sp³-hybridized carbons (Fsp3) is 0.350. The molecule has 4 nitrogen and oxygen atoms in total. The van der Waals surface area contributed by atoms with E-state index in [1.165, 1.54) is 0 Å². The second kappa shape index (κ2) is 9.33. The molecule has 0 radical (unpaired) electrons. The molecule has 2 aromatic carbocycles. The summed E-state index contributed by atoms with van der Waals surface area (Å²) in [6.45, 7) is 3.96. The lowest BCUT2D eigenvalue weighted by atomic mass is 10.0. The van der Waals surface area contributed by atoms with Crippen LogP contribution in [0.5, 0.6) is 11.5 Å². The van der Waals surface area contributed by atoms with Crippen LogP contribution in [0.25, 0.3) is 0 Å². The van der Waals surface area contributed by atoms with Gasteiger partial charge in [0.1, 0.15) is 11.5 Å². The second-order valence-electron chi connectivity index (χ2n) is 5.71. The van der Waals surface area contributed by atoms with Crippen molar-refractivity contribution in [1.29, 1.82) is 0 Å². The number of methoxy groups -OCH3 is 1. The molecule has 0 fully saturated rings. The second-order valence-corrected chi connectivity index (χ2v) is 6.15. The molecule has 0 aliphatic rings. The highest BCUT2D eigenvalue weighted by Crippen LogP contribution is 2.21. The molecule has 0 unspecified atom stereocenters. The Hall–Kier alpha value is -2.20. The molecule has 1 N–H and O–H groups in total. The van der Waals surface area contributed by atoms with Crippen LogP contribution in [0.1, 0.15) is 38.3 Å². The average Bonchev–Trinajstić information content (AvgIpc) is 2.65. The molecule has 0 aromatic heterocycles. The summed E-state index contributed by atoms with van der Waals surface area (Å²) in [5.74, 6) is 1.30. The summed E-state index contributed by atoms with van der Waals surface area (Å²) in [4.78, 5) is 12.6.